The summed E-state index contributed by atoms with van der Waals surface area (Å²) in [7, 11) is 0. The van der Waals surface area contributed by atoms with Crippen LogP contribution in [0.25, 0.3) is 0 Å². The van der Waals surface area contributed by atoms with Gasteiger partial charge in [-0.3, -0.25) is 4.79 Å². The smallest absolute Gasteiger partial charge is 0.310 e. The highest BCUT2D eigenvalue weighted by Gasteiger charge is 2.71. The Morgan fingerprint density at radius 3 is 2.44 bits per heavy atom. The van der Waals surface area contributed by atoms with Crippen LogP contribution in [0.15, 0.2) is 0 Å². The Hall–Kier alpha value is -0.570. The van der Waals surface area contributed by atoms with Gasteiger partial charge in [0, 0.05) is 6.04 Å². The van der Waals surface area contributed by atoms with Crippen molar-refractivity contribution in [3.8, 4) is 0 Å². The Labute approximate surface area is 52.8 Å². The van der Waals surface area contributed by atoms with Crippen molar-refractivity contribution in [1.82, 2.24) is 0 Å². The maximum Gasteiger partial charge on any atom is 0.310 e. The number of rotatable bonds is 1. The molecule has 3 nitrogen and oxygen atoms in total. The lowest BCUT2D eigenvalue weighted by Crippen LogP contribution is -2.42. The van der Waals surface area contributed by atoms with E-state index in [1.165, 1.54) is 0 Å². The summed E-state index contributed by atoms with van der Waals surface area (Å²) < 4.78 is 0. The summed E-state index contributed by atoms with van der Waals surface area (Å²) in [4.78, 5) is 10.4. The van der Waals surface area contributed by atoms with Crippen LogP contribution < -0.4 is 5.73 Å². The maximum atomic E-state index is 10.4. The van der Waals surface area contributed by atoms with Crippen LogP contribution in [-0.2, 0) is 4.79 Å². The number of nitrogens with two attached hydrogens (primary N) is 1. The minimum absolute atomic E-state index is 0.182. The fraction of sp³-hybridized carbons (Fsp3) is 0.833. The topological polar surface area (TPSA) is 63.3 Å². The third kappa shape index (κ3) is 0.399. The highest BCUT2D eigenvalue weighted by atomic mass is 16.4. The highest BCUT2D eigenvalue weighted by molar-refractivity contribution is 5.81. The second-order valence-corrected chi connectivity index (χ2v) is 3.14. The van der Waals surface area contributed by atoms with Crippen LogP contribution in [0.3, 0.4) is 0 Å². The summed E-state index contributed by atoms with van der Waals surface area (Å²) in [5.41, 5.74) is 5.18. The third-order valence-corrected chi connectivity index (χ3v) is 2.68. The van der Waals surface area contributed by atoms with Crippen molar-refractivity contribution < 1.29 is 9.90 Å². The first-order valence-corrected chi connectivity index (χ1v) is 3.16. The standard InChI is InChI=1S/C6H9NO2/c7-4-2-6(5(8)9)1-3(4)6/h3-4H,1-2,7H2,(H,8,9)/t3-,4-,6-/m1/s1. The van der Waals surface area contributed by atoms with E-state index >= 15 is 0 Å². The molecule has 0 saturated heterocycles. The van der Waals surface area contributed by atoms with Crippen LogP contribution in [0.1, 0.15) is 12.8 Å². The van der Waals surface area contributed by atoms with E-state index in [1.807, 2.05) is 0 Å². The van der Waals surface area contributed by atoms with E-state index in [-0.39, 0.29) is 11.5 Å². The van der Waals surface area contributed by atoms with Gasteiger partial charge in [-0.05, 0) is 18.8 Å². The lowest BCUT2D eigenvalue weighted by molar-refractivity contribution is -0.147. The maximum absolute atomic E-state index is 10.4. The van der Waals surface area contributed by atoms with Gasteiger partial charge in [0.05, 0.1) is 5.41 Å². The van der Waals surface area contributed by atoms with Crippen molar-refractivity contribution in [3.63, 3.8) is 0 Å². The second-order valence-electron chi connectivity index (χ2n) is 3.14. The lowest BCUT2D eigenvalue weighted by Gasteiger charge is -2.27. The molecule has 0 radical (unpaired) electrons. The van der Waals surface area contributed by atoms with E-state index in [9.17, 15) is 4.79 Å². The molecule has 3 heteroatoms. The number of carboxylic acids is 1. The molecule has 2 fully saturated rings. The molecule has 9 heavy (non-hydrogen) atoms. The Bertz CT molecular complexity index is 180. The number of fused-ring (bicyclic) bond motifs is 1. The van der Waals surface area contributed by atoms with Crippen molar-refractivity contribution >= 4 is 5.97 Å². The monoisotopic (exact) mass is 127 g/mol. The predicted molar refractivity (Wildman–Crippen MR) is 30.8 cm³/mol. The van der Waals surface area contributed by atoms with E-state index in [4.69, 9.17) is 10.8 Å². The summed E-state index contributed by atoms with van der Waals surface area (Å²) in [5, 5.41) is 8.60. The first kappa shape index (κ1) is 5.23. The van der Waals surface area contributed by atoms with Crippen LogP contribution in [0.5, 0.6) is 0 Å². The molecular weight excluding hydrogens is 118 g/mol. The second kappa shape index (κ2) is 1.14. The molecule has 50 valence electrons. The van der Waals surface area contributed by atoms with Crippen LogP contribution in [0.4, 0.5) is 0 Å². The molecule has 2 saturated carbocycles. The minimum atomic E-state index is -0.644. The molecule has 0 unspecified atom stereocenters. The largest absolute Gasteiger partial charge is 0.481 e. The summed E-state index contributed by atoms with van der Waals surface area (Å²) in [5.74, 6) is -0.329. The first-order chi connectivity index (χ1) is 4.17. The van der Waals surface area contributed by atoms with Gasteiger partial charge < -0.3 is 10.8 Å². The molecule has 2 aliphatic rings. The molecule has 3 N–H and O–H groups in total. The number of aliphatic carboxylic acids is 1. The van der Waals surface area contributed by atoms with Crippen molar-refractivity contribution in [3.05, 3.63) is 0 Å². The molecule has 2 aliphatic carbocycles. The Morgan fingerprint density at radius 1 is 1.67 bits per heavy atom. The molecule has 0 bridgehead atoms. The van der Waals surface area contributed by atoms with Gasteiger partial charge in [0.25, 0.3) is 0 Å². The number of hydrogen-bond acceptors (Lipinski definition) is 2. The predicted octanol–water partition coefficient (Wildman–Crippen LogP) is -0.192. The highest BCUT2D eigenvalue weighted by Crippen LogP contribution is 2.66. The molecule has 0 aromatic rings. The third-order valence-electron chi connectivity index (χ3n) is 2.68. The SMILES string of the molecule is N[C@@H]1C[C@]2(C(=O)O)C[C@H]12. The van der Waals surface area contributed by atoms with Gasteiger partial charge in [0.1, 0.15) is 0 Å². The van der Waals surface area contributed by atoms with Gasteiger partial charge in [-0.1, -0.05) is 0 Å². The Balaban J connectivity index is 2.12. The van der Waals surface area contributed by atoms with Crippen molar-refractivity contribution in [2.45, 2.75) is 18.9 Å². The van der Waals surface area contributed by atoms with Gasteiger partial charge in [0.2, 0.25) is 0 Å². The fourth-order valence-corrected chi connectivity index (χ4v) is 1.86. The van der Waals surface area contributed by atoms with Crippen molar-refractivity contribution in [2.75, 3.05) is 0 Å². The van der Waals surface area contributed by atoms with Gasteiger partial charge in [-0.25, -0.2) is 0 Å². The molecule has 0 spiro atoms. The van der Waals surface area contributed by atoms with Crippen LogP contribution in [0.2, 0.25) is 0 Å². The van der Waals surface area contributed by atoms with E-state index in [0.29, 0.717) is 12.3 Å². The summed E-state index contributed by atoms with van der Waals surface area (Å²) >= 11 is 0. The van der Waals surface area contributed by atoms with Crippen LogP contribution >= 0.6 is 0 Å². The zero-order valence-corrected chi connectivity index (χ0v) is 5.00. The molecule has 2 rings (SSSR count). The van der Waals surface area contributed by atoms with Gasteiger partial charge in [0.15, 0.2) is 0 Å². The Kier molecular flexibility index (Phi) is 0.662. The van der Waals surface area contributed by atoms with Gasteiger partial charge in [-0.15, -0.1) is 0 Å². The van der Waals surface area contributed by atoms with E-state index in [0.717, 1.165) is 6.42 Å². The summed E-state index contributed by atoms with van der Waals surface area (Å²) in [6.45, 7) is 0. The normalized spacial score (nSPS) is 53.4. The molecule has 0 aliphatic heterocycles. The quantitative estimate of drug-likeness (QED) is 0.513. The average Bonchev–Trinajstić information content (AvgIpc) is 2.36. The van der Waals surface area contributed by atoms with E-state index in [1.54, 1.807) is 0 Å². The van der Waals surface area contributed by atoms with Crippen molar-refractivity contribution in [1.29, 1.82) is 0 Å². The number of carbonyl (C=O) groups is 1. The summed E-state index contributed by atoms with van der Waals surface area (Å²) in [6, 6.07) is 0.182. The zero-order valence-electron chi connectivity index (χ0n) is 5.00. The van der Waals surface area contributed by atoms with E-state index < -0.39 is 5.97 Å². The lowest BCUT2D eigenvalue weighted by atomic mass is 9.81. The van der Waals surface area contributed by atoms with E-state index in [2.05, 4.69) is 0 Å². The minimum Gasteiger partial charge on any atom is -0.481 e. The number of carboxylic acid groups (broad SMARTS) is 1. The van der Waals surface area contributed by atoms with Gasteiger partial charge in [-0.2, -0.15) is 0 Å². The first-order valence-electron chi connectivity index (χ1n) is 3.16. The molecular formula is C6H9NO2. The average molecular weight is 127 g/mol. The van der Waals surface area contributed by atoms with Gasteiger partial charge >= 0.3 is 5.97 Å². The molecule has 0 aromatic carbocycles. The molecule has 0 aromatic heterocycles. The van der Waals surface area contributed by atoms with Crippen LogP contribution in [-0.4, -0.2) is 17.1 Å². The number of hydrogen-bond donors (Lipinski definition) is 2. The Morgan fingerprint density at radius 2 is 2.33 bits per heavy atom. The molecule has 0 heterocycles. The zero-order chi connectivity index (χ0) is 6.65. The molecule has 3 atom stereocenters. The van der Waals surface area contributed by atoms with Crippen LogP contribution in [0, 0.1) is 11.3 Å². The fourth-order valence-electron chi connectivity index (χ4n) is 1.86. The summed E-state index contributed by atoms with van der Waals surface area (Å²) in [6.07, 6.45) is 1.52. The molecule has 0 amide bonds. The van der Waals surface area contributed by atoms with Crippen molar-refractivity contribution in [2.24, 2.45) is 17.1 Å².